The quantitative estimate of drug-likeness (QED) is 0.899. The number of carbonyl (C=O) groups is 1. The number of anilines is 2. The maximum atomic E-state index is 12.5. The van der Waals surface area contributed by atoms with Crippen LogP contribution in [0.3, 0.4) is 0 Å². The molecule has 1 amide bonds. The van der Waals surface area contributed by atoms with Crippen molar-refractivity contribution in [2.75, 3.05) is 42.6 Å². The van der Waals surface area contributed by atoms with Gasteiger partial charge in [0.15, 0.2) is 0 Å². The molecule has 1 atom stereocenters. The molecule has 1 aromatic rings. The number of pyridine rings is 1. The second-order valence-corrected chi connectivity index (χ2v) is 6.92. The molecule has 0 aliphatic carbocycles. The largest absolute Gasteiger partial charge is 0.384 e. The number of amides is 1. The van der Waals surface area contributed by atoms with Gasteiger partial charge in [0, 0.05) is 26.2 Å². The predicted octanol–water partition coefficient (Wildman–Crippen LogP) is 1.60. The summed E-state index contributed by atoms with van der Waals surface area (Å²) in [6, 6.07) is 3.82. The van der Waals surface area contributed by atoms with Crippen molar-refractivity contribution in [2.24, 2.45) is 0 Å². The summed E-state index contributed by atoms with van der Waals surface area (Å²) in [5, 5.41) is 0.198. The molecule has 6 heteroatoms. The Bertz CT molecular complexity index is 479. The zero-order chi connectivity index (χ0) is 14.7. The van der Waals surface area contributed by atoms with Gasteiger partial charge in [-0.25, -0.2) is 4.98 Å². The summed E-state index contributed by atoms with van der Waals surface area (Å²) in [7, 11) is 0. The molecule has 3 heterocycles. The highest BCUT2D eigenvalue weighted by atomic mass is 32.2. The molecule has 21 heavy (non-hydrogen) atoms. The Labute approximate surface area is 129 Å². The van der Waals surface area contributed by atoms with Crippen LogP contribution in [0.25, 0.3) is 0 Å². The van der Waals surface area contributed by atoms with E-state index in [2.05, 4.69) is 9.88 Å². The molecule has 0 saturated carbocycles. The molecule has 2 N–H and O–H groups in total. The van der Waals surface area contributed by atoms with Crippen LogP contribution >= 0.6 is 11.8 Å². The van der Waals surface area contributed by atoms with Crippen LogP contribution in [-0.2, 0) is 4.79 Å². The van der Waals surface area contributed by atoms with Gasteiger partial charge in [-0.3, -0.25) is 4.79 Å². The van der Waals surface area contributed by atoms with Gasteiger partial charge < -0.3 is 15.5 Å². The number of rotatable bonds is 2. The van der Waals surface area contributed by atoms with Crippen LogP contribution in [0.4, 0.5) is 11.5 Å². The van der Waals surface area contributed by atoms with Crippen LogP contribution in [0.2, 0.25) is 0 Å². The Morgan fingerprint density at radius 3 is 2.67 bits per heavy atom. The van der Waals surface area contributed by atoms with Crippen molar-refractivity contribution in [1.29, 1.82) is 0 Å². The van der Waals surface area contributed by atoms with Crippen LogP contribution in [0.1, 0.15) is 19.3 Å². The number of carbonyl (C=O) groups excluding carboxylic acids is 1. The first kappa shape index (κ1) is 14.5. The molecule has 114 valence electrons. The van der Waals surface area contributed by atoms with Crippen LogP contribution in [0, 0.1) is 0 Å². The summed E-state index contributed by atoms with van der Waals surface area (Å²) in [5.74, 6) is 2.02. The second kappa shape index (κ2) is 6.56. The van der Waals surface area contributed by atoms with E-state index in [0.29, 0.717) is 11.7 Å². The van der Waals surface area contributed by atoms with Gasteiger partial charge >= 0.3 is 0 Å². The van der Waals surface area contributed by atoms with E-state index in [1.807, 2.05) is 35.0 Å². The highest BCUT2D eigenvalue weighted by Crippen LogP contribution is 2.27. The lowest BCUT2D eigenvalue weighted by molar-refractivity contribution is -0.131. The third-order valence-corrected chi connectivity index (χ3v) is 5.55. The average Bonchev–Trinajstić information content (AvgIpc) is 2.56. The average molecular weight is 306 g/mol. The van der Waals surface area contributed by atoms with E-state index in [1.54, 1.807) is 0 Å². The number of nitrogens with two attached hydrogens (primary N) is 1. The first-order valence-corrected chi connectivity index (χ1v) is 8.66. The third-order valence-electron chi connectivity index (χ3n) is 4.18. The van der Waals surface area contributed by atoms with Crippen molar-refractivity contribution >= 4 is 29.2 Å². The normalized spacial score (nSPS) is 23.1. The van der Waals surface area contributed by atoms with Crippen molar-refractivity contribution in [3.63, 3.8) is 0 Å². The first-order valence-electron chi connectivity index (χ1n) is 7.61. The standard InChI is InChI=1S/C15H22N4OS/c16-14-5-4-12(11-17-14)18-6-8-19(9-7-18)15(20)13-3-1-2-10-21-13/h4-5,11,13H,1-3,6-10H2,(H2,16,17). The van der Waals surface area contributed by atoms with E-state index >= 15 is 0 Å². The minimum atomic E-state index is 0.198. The highest BCUT2D eigenvalue weighted by molar-refractivity contribution is 8.00. The minimum absolute atomic E-state index is 0.198. The summed E-state index contributed by atoms with van der Waals surface area (Å²) >= 11 is 1.84. The lowest BCUT2D eigenvalue weighted by Crippen LogP contribution is -2.51. The Morgan fingerprint density at radius 2 is 2.05 bits per heavy atom. The molecule has 1 aromatic heterocycles. The molecule has 2 fully saturated rings. The molecule has 0 spiro atoms. The van der Waals surface area contributed by atoms with Crippen molar-refractivity contribution in [3.05, 3.63) is 18.3 Å². The number of aromatic nitrogens is 1. The van der Waals surface area contributed by atoms with Crippen LogP contribution in [-0.4, -0.2) is 53.0 Å². The summed E-state index contributed by atoms with van der Waals surface area (Å²) in [5.41, 5.74) is 6.70. The SMILES string of the molecule is Nc1ccc(N2CCN(C(=O)C3CCCCS3)CC2)cn1. The smallest absolute Gasteiger partial charge is 0.235 e. The minimum Gasteiger partial charge on any atom is -0.384 e. The van der Waals surface area contributed by atoms with E-state index in [4.69, 9.17) is 5.73 Å². The lowest BCUT2D eigenvalue weighted by Gasteiger charge is -2.37. The Hall–Kier alpha value is -1.43. The van der Waals surface area contributed by atoms with E-state index in [-0.39, 0.29) is 5.25 Å². The number of nitrogen functional groups attached to an aromatic ring is 1. The fourth-order valence-corrected chi connectivity index (χ4v) is 4.19. The van der Waals surface area contributed by atoms with Gasteiger partial charge in [-0.15, -0.1) is 11.8 Å². The van der Waals surface area contributed by atoms with Gasteiger partial charge in [0.05, 0.1) is 17.1 Å². The van der Waals surface area contributed by atoms with Gasteiger partial charge in [0.1, 0.15) is 5.82 Å². The fraction of sp³-hybridized carbons (Fsp3) is 0.600. The van der Waals surface area contributed by atoms with Crippen molar-refractivity contribution in [3.8, 4) is 0 Å². The third kappa shape index (κ3) is 3.43. The Morgan fingerprint density at radius 1 is 1.24 bits per heavy atom. The van der Waals surface area contributed by atoms with Gasteiger partial charge in [-0.1, -0.05) is 6.42 Å². The van der Waals surface area contributed by atoms with Crippen LogP contribution in [0.15, 0.2) is 18.3 Å². The second-order valence-electron chi connectivity index (χ2n) is 5.61. The van der Waals surface area contributed by atoms with Gasteiger partial charge in [-0.05, 0) is 30.7 Å². The molecule has 5 nitrogen and oxygen atoms in total. The summed E-state index contributed by atoms with van der Waals surface area (Å²) < 4.78 is 0. The molecular formula is C15H22N4OS. The van der Waals surface area contributed by atoms with E-state index in [1.165, 1.54) is 12.8 Å². The molecule has 0 bridgehead atoms. The molecule has 2 aliphatic heterocycles. The number of thioether (sulfide) groups is 1. The monoisotopic (exact) mass is 306 g/mol. The topological polar surface area (TPSA) is 62.5 Å². The molecular weight excluding hydrogens is 284 g/mol. The summed E-state index contributed by atoms with van der Waals surface area (Å²) in [4.78, 5) is 20.9. The molecule has 3 rings (SSSR count). The van der Waals surface area contributed by atoms with E-state index in [0.717, 1.165) is 44.0 Å². The number of nitrogens with zero attached hydrogens (tertiary/aromatic N) is 3. The maximum Gasteiger partial charge on any atom is 0.235 e. The maximum absolute atomic E-state index is 12.5. The number of hydrogen-bond acceptors (Lipinski definition) is 5. The molecule has 2 saturated heterocycles. The molecule has 0 radical (unpaired) electrons. The van der Waals surface area contributed by atoms with Crippen molar-refractivity contribution in [2.45, 2.75) is 24.5 Å². The molecule has 0 aromatic carbocycles. The van der Waals surface area contributed by atoms with Gasteiger partial charge in [-0.2, -0.15) is 0 Å². The zero-order valence-electron chi connectivity index (χ0n) is 12.2. The highest BCUT2D eigenvalue weighted by Gasteiger charge is 2.28. The van der Waals surface area contributed by atoms with Gasteiger partial charge in [0.25, 0.3) is 0 Å². The summed E-state index contributed by atoms with van der Waals surface area (Å²) in [6.07, 6.45) is 5.31. The molecule has 2 aliphatic rings. The molecule has 1 unspecified atom stereocenters. The lowest BCUT2D eigenvalue weighted by atomic mass is 10.1. The van der Waals surface area contributed by atoms with Crippen LogP contribution in [0.5, 0.6) is 0 Å². The van der Waals surface area contributed by atoms with E-state index < -0.39 is 0 Å². The number of piperazine rings is 1. The fourth-order valence-electron chi connectivity index (χ4n) is 2.91. The van der Waals surface area contributed by atoms with Crippen molar-refractivity contribution in [1.82, 2.24) is 9.88 Å². The Kier molecular flexibility index (Phi) is 4.53. The van der Waals surface area contributed by atoms with Crippen LogP contribution < -0.4 is 10.6 Å². The predicted molar refractivity (Wildman–Crippen MR) is 87.5 cm³/mol. The van der Waals surface area contributed by atoms with Crippen molar-refractivity contribution < 1.29 is 4.79 Å². The number of hydrogen-bond donors (Lipinski definition) is 1. The zero-order valence-corrected chi connectivity index (χ0v) is 13.0. The van der Waals surface area contributed by atoms with Gasteiger partial charge in [0.2, 0.25) is 5.91 Å². The van der Waals surface area contributed by atoms with E-state index in [9.17, 15) is 4.79 Å². The summed E-state index contributed by atoms with van der Waals surface area (Å²) in [6.45, 7) is 3.35. The first-order chi connectivity index (χ1) is 10.2. The Balaban J connectivity index is 1.54.